The van der Waals surface area contributed by atoms with Crippen LogP contribution in [-0.4, -0.2) is 65.1 Å². The summed E-state index contributed by atoms with van der Waals surface area (Å²) in [6, 6.07) is 8.11. The lowest BCUT2D eigenvalue weighted by atomic mass is 10.1. The van der Waals surface area contributed by atoms with Gasteiger partial charge in [-0.1, -0.05) is 0 Å². The number of nitrogens with two attached hydrogens (primary N) is 1. The zero-order chi connectivity index (χ0) is 22.3. The first-order valence-corrected chi connectivity index (χ1v) is 10.9. The van der Waals surface area contributed by atoms with E-state index in [2.05, 4.69) is 43.2 Å². The third-order valence-corrected chi connectivity index (χ3v) is 5.62. The molecule has 0 amide bonds. The van der Waals surface area contributed by atoms with E-state index in [1.807, 2.05) is 30.5 Å². The summed E-state index contributed by atoms with van der Waals surface area (Å²) in [4.78, 5) is 11.4. The summed E-state index contributed by atoms with van der Waals surface area (Å²) in [7, 11) is 3.82. The van der Waals surface area contributed by atoms with E-state index in [1.165, 1.54) is 0 Å². The van der Waals surface area contributed by atoms with E-state index in [9.17, 15) is 0 Å². The highest BCUT2D eigenvalue weighted by Gasteiger charge is 2.19. The minimum atomic E-state index is 0.464. The molecule has 32 heavy (non-hydrogen) atoms. The van der Waals surface area contributed by atoms with Gasteiger partial charge in [-0.2, -0.15) is 5.10 Å². The maximum atomic E-state index is 6.11. The Bertz CT molecular complexity index is 998. The first-order chi connectivity index (χ1) is 15.6. The van der Waals surface area contributed by atoms with Crippen molar-refractivity contribution in [2.75, 3.05) is 51.5 Å². The van der Waals surface area contributed by atoms with Crippen LogP contribution in [0, 0.1) is 0 Å². The molecule has 0 unspecified atom stereocenters. The van der Waals surface area contributed by atoms with E-state index < -0.39 is 0 Å². The molecule has 9 heteroatoms. The van der Waals surface area contributed by atoms with Gasteiger partial charge in [-0.15, -0.1) is 0 Å². The Labute approximate surface area is 188 Å². The Morgan fingerprint density at radius 2 is 1.91 bits per heavy atom. The minimum absolute atomic E-state index is 0.464. The van der Waals surface area contributed by atoms with Gasteiger partial charge in [0.05, 0.1) is 30.7 Å². The van der Waals surface area contributed by atoms with E-state index in [-0.39, 0.29) is 0 Å². The molecule has 9 nitrogen and oxygen atoms in total. The molecule has 1 aliphatic heterocycles. The lowest BCUT2D eigenvalue weighted by Crippen LogP contribution is -2.31. The number of likely N-dealkylation sites (tertiary alicyclic amines) is 1. The summed E-state index contributed by atoms with van der Waals surface area (Å²) in [6.45, 7) is 3.28. The average Bonchev–Trinajstić information content (AvgIpc) is 3.26. The summed E-state index contributed by atoms with van der Waals surface area (Å²) in [5, 5.41) is 7.86. The second-order valence-corrected chi connectivity index (χ2v) is 8.12. The quantitative estimate of drug-likeness (QED) is 0.493. The number of benzene rings is 1. The SMILES string of the molecule is COCCOc1ccc(Nc2nc(Cc3cnn(C4CCN(C)CC4)c3)ncc2N)cc1. The molecule has 0 atom stereocenters. The Hall–Kier alpha value is -3.17. The molecule has 0 aliphatic carbocycles. The number of hydrogen-bond acceptors (Lipinski definition) is 8. The number of anilines is 3. The second-order valence-electron chi connectivity index (χ2n) is 8.12. The fraction of sp³-hybridized carbons (Fsp3) is 0.435. The first-order valence-electron chi connectivity index (χ1n) is 10.9. The summed E-state index contributed by atoms with van der Waals surface area (Å²) in [5.74, 6) is 2.07. The molecule has 1 fully saturated rings. The molecular weight excluding hydrogens is 406 g/mol. The fourth-order valence-electron chi connectivity index (χ4n) is 3.74. The molecule has 0 saturated carbocycles. The zero-order valence-electron chi connectivity index (χ0n) is 18.7. The highest BCUT2D eigenvalue weighted by Crippen LogP contribution is 2.24. The molecule has 170 valence electrons. The maximum absolute atomic E-state index is 6.11. The Morgan fingerprint density at radius 1 is 1.12 bits per heavy atom. The molecule has 3 heterocycles. The third kappa shape index (κ3) is 5.74. The molecule has 4 rings (SSSR count). The van der Waals surface area contributed by atoms with E-state index in [0.29, 0.717) is 43.0 Å². The molecule has 0 bridgehead atoms. The second kappa shape index (κ2) is 10.4. The van der Waals surface area contributed by atoms with Crippen LogP contribution >= 0.6 is 0 Å². The number of rotatable bonds is 9. The Balaban J connectivity index is 1.38. The molecule has 1 saturated heterocycles. The van der Waals surface area contributed by atoms with Gasteiger partial charge in [-0.05, 0) is 62.8 Å². The zero-order valence-corrected chi connectivity index (χ0v) is 18.7. The number of nitrogens with one attached hydrogen (secondary N) is 1. The van der Waals surface area contributed by atoms with Crippen LogP contribution < -0.4 is 15.8 Å². The molecule has 0 radical (unpaired) electrons. The van der Waals surface area contributed by atoms with Crippen molar-refractivity contribution in [1.82, 2.24) is 24.6 Å². The average molecular weight is 438 g/mol. The van der Waals surface area contributed by atoms with Crippen LogP contribution in [0.25, 0.3) is 0 Å². The lowest BCUT2D eigenvalue weighted by Gasteiger charge is -2.28. The largest absolute Gasteiger partial charge is 0.491 e. The highest BCUT2D eigenvalue weighted by molar-refractivity contribution is 5.68. The molecule has 1 aromatic carbocycles. The number of hydrogen-bond donors (Lipinski definition) is 2. The van der Waals surface area contributed by atoms with Crippen molar-refractivity contribution >= 4 is 17.2 Å². The van der Waals surface area contributed by atoms with Crippen molar-refractivity contribution in [3.05, 3.63) is 54.2 Å². The summed E-state index contributed by atoms with van der Waals surface area (Å²) >= 11 is 0. The van der Waals surface area contributed by atoms with E-state index in [0.717, 1.165) is 42.9 Å². The van der Waals surface area contributed by atoms with Crippen molar-refractivity contribution in [2.45, 2.75) is 25.3 Å². The molecule has 3 N–H and O–H groups in total. The summed E-state index contributed by atoms with van der Waals surface area (Å²) in [6.07, 6.45) is 8.53. The molecule has 2 aromatic heterocycles. The van der Waals surface area contributed by atoms with Gasteiger partial charge in [0.15, 0.2) is 5.82 Å². The van der Waals surface area contributed by atoms with Crippen LogP contribution in [0.4, 0.5) is 17.2 Å². The van der Waals surface area contributed by atoms with Gasteiger partial charge in [0, 0.05) is 25.4 Å². The molecule has 1 aliphatic rings. The van der Waals surface area contributed by atoms with Gasteiger partial charge in [0.1, 0.15) is 18.2 Å². The first kappa shape index (κ1) is 22.0. The van der Waals surface area contributed by atoms with Gasteiger partial charge in [0.25, 0.3) is 0 Å². The standard InChI is InChI=1S/C23H31N7O2/c1-29-9-7-19(8-10-29)30-16-17(14-26-30)13-22-25-15-21(24)23(28-22)27-18-3-5-20(6-4-18)32-12-11-31-2/h3-6,14-16,19H,7-13,24H2,1-2H3,(H,25,27,28). The van der Waals surface area contributed by atoms with Gasteiger partial charge in [0.2, 0.25) is 0 Å². The number of nitrogens with zero attached hydrogens (tertiary/aromatic N) is 5. The molecule has 3 aromatic rings. The van der Waals surface area contributed by atoms with Crippen LogP contribution in [-0.2, 0) is 11.2 Å². The predicted octanol–water partition coefficient (Wildman–Crippen LogP) is 2.88. The van der Waals surface area contributed by atoms with Crippen molar-refractivity contribution in [1.29, 1.82) is 0 Å². The van der Waals surface area contributed by atoms with Gasteiger partial charge < -0.3 is 25.4 Å². The van der Waals surface area contributed by atoms with Crippen LogP contribution in [0.3, 0.4) is 0 Å². The normalized spacial score (nSPS) is 15.1. The van der Waals surface area contributed by atoms with Crippen LogP contribution in [0.15, 0.2) is 42.9 Å². The van der Waals surface area contributed by atoms with Crippen molar-refractivity contribution in [2.24, 2.45) is 0 Å². The number of methoxy groups -OCH3 is 1. The number of nitrogen functional groups attached to an aromatic ring is 1. The van der Waals surface area contributed by atoms with E-state index >= 15 is 0 Å². The summed E-state index contributed by atoms with van der Waals surface area (Å²) < 4.78 is 12.7. The van der Waals surface area contributed by atoms with Crippen LogP contribution in [0.1, 0.15) is 30.3 Å². The number of ether oxygens (including phenoxy) is 2. The number of piperidine rings is 1. The van der Waals surface area contributed by atoms with E-state index in [4.69, 9.17) is 15.2 Å². The Morgan fingerprint density at radius 3 is 2.66 bits per heavy atom. The highest BCUT2D eigenvalue weighted by atomic mass is 16.5. The van der Waals surface area contributed by atoms with E-state index in [1.54, 1.807) is 13.3 Å². The number of aromatic nitrogens is 4. The smallest absolute Gasteiger partial charge is 0.157 e. The van der Waals surface area contributed by atoms with Gasteiger partial charge in [-0.3, -0.25) is 4.68 Å². The van der Waals surface area contributed by atoms with Crippen molar-refractivity contribution in [3.63, 3.8) is 0 Å². The van der Waals surface area contributed by atoms with Crippen LogP contribution in [0.5, 0.6) is 5.75 Å². The molecular formula is C23H31N7O2. The monoisotopic (exact) mass is 437 g/mol. The van der Waals surface area contributed by atoms with Gasteiger partial charge >= 0.3 is 0 Å². The minimum Gasteiger partial charge on any atom is -0.491 e. The summed E-state index contributed by atoms with van der Waals surface area (Å²) in [5.41, 5.74) is 8.57. The Kier molecular flexibility index (Phi) is 7.18. The third-order valence-electron chi connectivity index (χ3n) is 5.62. The maximum Gasteiger partial charge on any atom is 0.157 e. The van der Waals surface area contributed by atoms with Crippen LogP contribution in [0.2, 0.25) is 0 Å². The topological polar surface area (TPSA) is 103 Å². The van der Waals surface area contributed by atoms with Crippen molar-refractivity contribution < 1.29 is 9.47 Å². The predicted molar refractivity (Wildman–Crippen MR) is 124 cm³/mol. The van der Waals surface area contributed by atoms with Crippen molar-refractivity contribution in [3.8, 4) is 5.75 Å². The molecule has 0 spiro atoms. The lowest BCUT2D eigenvalue weighted by molar-refractivity contribution is 0.146. The fourth-order valence-corrected chi connectivity index (χ4v) is 3.74. The van der Waals surface area contributed by atoms with Gasteiger partial charge in [-0.25, -0.2) is 9.97 Å².